The molecule has 2 N–H and O–H groups in total. The number of hydrogen-bond acceptors (Lipinski definition) is 4. The van der Waals surface area contributed by atoms with Gasteiger partial charge < -0.3 is 14.9 Å². The van der Waals surface area contributed by atoms with Crippen LogP contribution in [-0.2, 0) is 4.79 Å². The van der Waals surface area contributed by atoms with Gasteiger partial charge in [-0.2, -0.15) is 0 Å². The number of aliphatic carboxylic acids is 1. The smallest absolute Gasteiger partial charge is 0.337 e. The Hall–Kier alpha value is -1.62. The van der Waals surface area contributed by atoms with Crippen LogP contribution in [0.15, 0.2) is 18.5 Å². The van der Waals surface area contributed by atoms with E-state index in [0.29, 0.717) is 5.75 Å². The predicted molar refractivity (Wildman–Crippen MR) is 52.6 cm³/mol. The molecular formula is C10H13NO4. The van der Waals surface area contributed by atoms with Crippen molar-refractivity contribution >= 4 is 5.97 Å². The first-order chi connectivity index (χ1) is 7.00. The largest absolute Gasteiger partial charge is 0.489 e. The number of ether oxygens (including phenoxy) is 1. The molecular weight excluding hydrogens is 198 g/mol. The van der Waals surface area contributed by atoms with E-state index in [-0.39, 0.29) is 11.7 Å². The monoisotopic (exact) mass is 211 g/mol. The third kappa shape index (κ3) is 3.21. The Kier molecular flexibility index (Phi) is 3.62. The molecule has 82 valence electrons. The zero-order valence-corrected chi connectivity index (χ0v) is 8.54. The summed E-state index contributed by atoms with van der Waals surface area (Å²) in [6, 6.07) is 1.46. The van der Waals surface area contributed by atoms with E-state index in [1.165, 1.54) is 18.5 Å². The van der Waals surface area contributed by atoms with Gasteiger partial charge in [0.25, 0.3) is 0 Å². The van der Waals surface area contributed by atoms with Crippen LogP contribution >= 0.6 is 0 Å². The fourth-order valence-electron chi connectivity index (χ4n) is 1.06. The third-order valence-electron chi connectivity index (χ3n) is 1.66. The number of carboxylic acid groups (broad SMARTS) is 1. The number of carboxylic acids is 1. The van der Waals surface area contributed by atoms with Gasteiger partial charge in [-0.25, -0.2) is 4.79 Å². The lowest BCUT2D eigenvalue weighted by molar-refractivity contribution is -0.146. The Morgan fingerprint density at radius 2 is 2.13 bits per heavy atom. The molecule has 0 aliphatic heterocycles. The van der Waals surface area contributed by atoms with Crippen molar-refractivity contribution in [3.05, 3.63) is 24.0 Å². The summed E-state index contributed by atoms with van der Waals surface area (Å²) in [5.41, 5.74) is 0.209. The molecule has 1 unspecified atom stereocenters. The molecule has 0 saturated carbocycles. The molecule has 15 heavy (non-hydrogen) atoms. The molecule has 1 heterocycles. The maximum absolute atomic E-state index is 10.5. The Bertz CT molecular complexity index is 351. The van der Waals surface area contributed by atoms with Crippen LogP contribution in [-0.4, -0.2) is 27.3 Å². The number of aliphatic hydroxyl groups excluding tert-OH is 1. The maximum atomic E-state index is 10.5. The van der Waals surface area contributed by atoms with Crippen molar-refractivity contribution in [1.29, 1.82) is 0 Å². The van der Waals surface area contributed by atoms with Gasteiger partial charge in [-0.05, 0) is 19.9 Å². The number of carbonyl (C=O) groups is 1. The molecule has 0 radical (unpaired) electrons. The van der Waals surface area contributed by atoms with Crippen LogP contribution in [0.5, 0.6) is 5.75 Å². The SMILES string of the molecule is CC(C)Oc1cncc(C(O)C(=O)O)c1. The highest BCUT2D eigenvalue weighted by atomic mass is 16.5. The minimum Gasteiger partial charge on any atom is -0.489 e. The van der Waals surface area contributed by atoms with Gasteiger partial charge in [0.05, 0.1) is 12.3 Å². The predicted octanol–water partition coefficient (Wildman–Crippen LogP) is 0.987. The van der Waals surface area contributed by atoms with Crippen molar-refractivity contribution in [2.24, 2.45) is 0 Å². The van der Waals surface area contributed by atoms with Gasteiger partial charge >= 0.3 is 5.97 Å². The van der Waals surface area contributed by atoms with E-state index in [1.807, 2.05) is 13.8 Å². The molecule has 0 bridgehead atoms. The van der Waals surface area contributed by atoms with Crippen molar-refractivity contribution in [3.8, 4) is 5.75 Å². The molecule has 1 aromatic heterocycles. The van der Waals surface area contributed by atoms with E-state index in [4.69, 9.17) is 9.84 Å². The molecule has 1 rings (SSSR count). The van der Waals surface area contributed by atoms with Crippen molar-refractivity contribution < 1.29 is 19.7 Å². The van der Waals surface area contributed by atoms with Crippen molar-refractivity contribution in [2.75, 3.05) is 0 Å². The van der Waals surface area contributed by atoms with Gasteiger partial charge in [-0.3, -0.25) is 4.98 Å². The van der Waals surface area contributed by atoms with Crippen LogP contribution in [0.3, 0.4) is 0 Å². The van der Waals surface area contributed by atoms with Crippen molar-refractivity contribution in [3.63, 3.8) is 0 Å². The van der Waals surface area contributed by atoms with Crippen LogP contribution in [0.2, 0.25) is 0 Å². The first-order valence-corrected chi connectivity index (χ1v) is 4.53. The second-order valence-corrected chi connectivity index (χ2v) is 3.36. The van der Waals surface area contributed by atoms with Crippen molar-refractivity contribution in [2.45, 2.75) is 26.1 Å². The van der Waals surface area contributed by atoms with Crippen LogP contribution in [0.4, 0.5) is 0 Å². The fourth-order valence-corrected chi connectivity index (χ4v) is 1.06. The van der Waals surface area contributed by atoms with Gasteiger partial charge in [0.1, 0.15) is 5.75 Å². The molecule has 0 aliphatic rings. The Morgan fingerprint density at radius 3 is 2.67 bits per heavy atom. The molecule has 0 saturated heterocycles. The lowest BCUT2D eigenvalue weighted by atomic mass is 10.1. The lowest BCUT2D eigenvalue weighted by Gasteiger charge is -2.11. The first-order valence-electron chi connectivity index (χ1n) is 4.53. The Morgan fingerprint density at radius 1 is 1.47 bits per heavy atom. The number of aromatic nitrogens is 1. The maximum Gasteiger partial charge on any atom is 0.337 e. The number of hydrogen-bond donors (Lipinski definition) is 2. The molecule has 5 nitrogen and oxygen atoms in total. The number of pyridine rings is 1. The molecule has 0 aromatic carbocycles. The summed E-state index contributed by atoms with van der Waals surface area (Å²) in [5, 5.41) is 17.9. The zero-order valence-electron chi connectivity index (χ0n) is 8.54. The normalized spacial score (nSPS) is 12.5. The molecule has 0 fully saturated rings. The summed E-state index contributed by atoms with van der Waals surface area (Å²) in [7, 11) is 0. The van der Waals surface area contributed by atoms with Gasteiger partial charge in [-0.15, -0.1) is 0 Å². The molecule has 1 aromatic rings. The Balaban J connectivity index is 2.87. The van der Waals surface area contributed by atoms with E-state index in [2.05, 4.69) is 4.98 Å². The Labute approximate surface area is 87.3 Å². The lowest BCUT2D eigenvalue weighted by Crippen LogP contribution is -2.12. The minimum absolute atomic E-state index is 0.0241. The van der Waals surface area contributed by atoms with Crippen molar-refractivity contribution in [1.82, 2.24) is 4.98 Å². The molecule has 0 aliphatic carbocycles. The molecule has 1 atom stereocenters. The second kappa shape index (κ2) is 4.75. The average Bonchev–Trinajstić information content (AvgIpc) is 2.16. The standard InChI is InChI=1S/C10H13NO4/c1-6(2)15-8-3-7(4-11-5-8)9(12)10(13)14/h3-6,9,12H,1-2H3,(H,13,14). The van der Waals surface area contributed by atoms with Crippen LogP contribution in [0.1, 0.15) is 25.5 Å². The summed E-state index contributed by atoms with van der Waals surface area (Å²) in [6.45, 7) is 3.70. The quantitative estimate of drug-likeness (QED) is 0.776. The topological polar surface area (TPSA) is 79.7 Å². The van der Waals surface area contributed by atoms with Gasteiger partial charge in [0.2, 0.25) is 0 Å². The van der Waals surface area contributed by atoms with Gasteiger partial charge in [0.15, 0.2) is 6.10 Å². The van der Waals surface area contributed by atoms with E-state index in [9.17, 15) is 9.90 Å². The highest BCUT2D eigenvalue weighted by Crippen LogP contribution is 2.18. The zero-order chi connectivity index (χ0) is 11.4. The van der Waals surface area contributed by atoms with Crippen LogP contribution in [0.25, 0.3) is 0 Å². The van der Waals surface area contributed by atoms with Crippen LogP contribution in [0, 0.1) is 0 Å². The first kappa shape index (κ1) is 11.5. The van der Waals surface area contributed by atoms with E-state index in [0.717, 1.165) is 0 Å². The summed E-state index contributed by atoms with van der Waals surface area (Å²) in [4.78, 5) is 14.3. The van der Waals surface area contributed by atoms with Gasteiger partial charge in [-0.1, -0.05) is 0 Å². The third-order valence-corrected chi connectivity index (χ3v) is 1.66. The van der Waals surface area contributed by atoms with E-state index < -0.39 is 12.1 Å². The van der Waals surface area contributed by atoms with E-state index in [1.54, 1.807) is 0 Å². The average molecular weight is 211 g/mol. The number of nitrogens with zero attached hydrogens (tertiary/aromatic N) is 1. The molecule has 0 spiro atoms. The summed E-state index contributed by atoms with van der Waals surface area (Å²) < 4.78 is 5.32. The van der Waals surface area contributed by atoms with Crippen LogP contribution < -0.4 is 4.74 Å². The van der Waals surface area contributed by atoms with E-state index >= 15 is 0 Å². The second-order valence-electron chi connectivity index (χ2n) is 3.36. The molecule has 5 heteroatoms. The number of aliphatic hydroxyl groups is 1. The minimum atomic E-state index is -1.56. The summed E-state index contributed by atoms with van der Waals surface area (Å²) >= 11 is 0. The highest BCUT2D eigenvalue weighted by molar-refractivity contribution is 5.73. The number of rotatable bonds is 4. The molecule has 0 amide bonds. The summed E-state index contributed by atoms with van der Waals surface area (Å²) in [6.07, 6.45) is 1.18. The summed E-state index contributed by atoms with van der Waals surface area (Å²) in [5.74, 6) is -0.860. The highest BCUT2D eigenvalue weighted by Gasteiger charge is 2.16. The van der Waals surface area contributed by atoms with Gasteiger partial charge in [0, 0.05) is 11.8 Å². The fraction of sp³-hybridized carbons (Fsp3) is 0.400.